The summed E-state index contributed by atoms with van der Waals surface area (Å²) in [6.07, 6.45) is 2.69. The van der Waals surface area contributed by atoms with Gasteiger partial charge in [-0.05, 0) is 42.0 Å². The Bertz CT molecular complexity index is 564. The molecule has 92 valence electrons. The van der Waals surface area contributed by atoms with Gasteiger partial charge in [0.25, 0.3) is 0 Å². The summed E-state index contributed by atoms with van der Waals surface area (Å²) in [7, 11) is 0. The van der Waals surface area contributed by atoms with Crippen molar-refractivity contribution in [2.75, 3.05) is 11.9 Å². The molecule has 1 aromatic carbocycles. The van der Waals surface area contributed by atoms with Crippen molar-refractivity contribution < 1.29 is 4.79 Å². The summed E-state index contributed by atoms with van der Waals surface area (Å²) in [4.78, 5) is 11.3. The largest absolute Gasteiger partial charge is 0.326 e. The lowest BCUT2D eigenvalue weighted by Gasteiger charge is -2.19. The molecule has 2 atom stereocenters. The standard InChI is InChI=1S/C14H15N3O/c18-13-4-2-8-5-9(1-3-12(8)16-13)14-11-6-10(11)7-15-17-14/h1,3,5,10-11,15H,2,4,6-7H2,(H,16,18). The minimum atomic E-state index is 0.120. The predicted molar refractivity (Wildman–Crippen MR) is 69.5 cm³/mol. The number of hydrazone groups is 1. The van der Waals surface area contributed by atoms with Crippen LogP contribution < -0.4 is 10.7 Å². The van der Waals surface area contributed by atoms with Crippen LogP contribution in [0.4, 0.5) is 5.69 Å². The Morgan fingerprint density at radius 3 is 3.17 bits per heavy atom. The van der Waals surface area contributed by atoms with E-state index >= 15 is 0 Å². The number of hydrogen-bond donors (Lipinski definition) is 2. The first-order chi connectivity index (χ1) is 8.81. The van der Waals surface area contributed by atoms with Crippen molar-refractivity contribution in [3.8, 4) is 0 Å². The molecule has 1 amide bonds. The minimum Gasteiger partial charge on any atom is -0.326 e. The first-order valence-electron chi connectivity index (χ1n) is 6.55. The molecule has 2 N–H and O–H groups in total. The van der Waals surface area contributed by atoms with Crippen LogP contribution in [0.2, 0.25) is 0 Å². The smallest absolute Gasteiger partial charge is 0.224 e. The Morgan fingerprint density at radius 2 is 2.22 bits per heavy atom. The molecule has 0 radical (unpaired) electrons. The van der Waals surface area contributed by atoms with Crippen molar-refractivity contribution in [1.82, 2.24) is 5.43 Å². The lowest BCUT2D eigenvalue weighted by atomic mass is 9.96. The van der Waals surface area contributed by atoms with Crippen LogP contribution in [0.1, 0.15) is 24.0 Å². The number of nitrogens with zero attached hydrogens (tertiary/aromatic N) is 1. The van der Waals surface area contributed by atoms with Gasteiger partial charge in [-0.3, -0.25) is 4.79 Å². The fraction of sp³-hybridized carbons (Fsp3) is 0.429. The van der Waals surface area contributed by atoms with Crippen LogP contribution in [-0.2, 0) is 11.2 Å². The van der Waals surface area contributed by atoms with Crippen LogP contribution in [0.5, 0.6) is 0 Å². The highest BCUT2D eigenvalue weighted by molar-refractivity contribution is 6.05. The third-order valence-electron chi connectivity index (χ3n) is 4.12. The van der Waals surface area contributed by atoms with E-state index in [0.29, 0.717) is 12.3 Å². The average Bonchev–Trinajstić information content (AvgIpc) is 3.17. The molecular weight excluding hydrogens is 226 g/mol. The van der Waals surface area contributed by atoms with E-state index in [2.05, 4.69) is 28.0 Å². The van der Waals surface area contributed by atoms with Crippen molar-refractivity contribution in [1.29, 1.82) is 0 Å². The van der Waals surface area contributed by atoms with Crippen molar-refractivity contribution in [3.05, 3.63) is 29.3 Å². The van der Waals surface area contributed by atoms with Gasteiger partial charge in [-0.25, -0.2) is 0 Å². The average molecular weight is 241 g/mol. The number of hydrogen-bond acceptors (Lipinski definition) is 3. The molecule has 4 rings (SSSR count). The maximum absolute atomic E-state index is 11.3. The molecule has 4 nitrogen and oxygen atoms in total. The van der Waals surface area contributed by atoms with Crippen molar-refractivity contribution in [2.45, 2.75) is 19.3 Å². The second kappa shape index (κ2) is 3.57. The van der Waals surface area contributed by atoms with Gasteiger partial charge >= 0.3 is 0 Å². The van der Waals surface area contributed by atoms with Gasteiger partial charge in [0.15, 0.2) is 0 Å². The number of amides is 1. The van der Waals surface area contributed by atoms with E-state index in [-0.39, 0.29) is 5.91 Å². The van der Waals surface area contributed by atoms with Gasteiger partial charge in [0.1, 0.15) is 0 Å². The highest BCUT2D eigenvalue weighted by Crippen LogP contribution is 2.43. The van der Waals surface area contributed by atoms with Crippen LogP contribution in [0.25, 0.3) is 0 Å². The van der Waals surface area contributed by atoms with Gasteiger partial charge < -0.3 is 10.7 Å². The Hall–Kier alpha value is -1.84. The van der Waals surface area contributed by atoms with E-state index in [0.717, 1.165) is 24.6 Å². The van der Waals surface area contributed by atoms with Gasteiger partial charge in [-0.15, -0.1) is 0 Å². The number of fused-ring (bicyclic) bond motifs is 2. The van der Waals surface area contributed by atoms with Gasteiger partial charge in [-0.2, -0.15) is 5.10 Å². The molecule has 0 spiro atoms. The number of carbonyl (C=O) groups is 1. The van der Waals surface area contributed by atoms with Gasteiger partial charge in [0.2, 0.25) is 5.91 Å². The molecule has 0 saturated heterocycles. The molecule has 1 fully saturated rings. The lowest BCUT2D eigenvalue weighted by Crippen LogP contribution is -2.23. The second-order valence-electron chi connectivity index (χ2n) is 5.38. The Labute approximate surface area is 105 Å². The van der Waals surface area contributed by atoms with Gasteiger partial charge in [0.05, 0.1) is 5.71 Å². The van der Waals surface area contributed by atoms with Crippen LogP contribution in [0.15, 0.2) is 23.3 Å². The zero-order valence-corrected chi connectivity index (χ0v) is 10.1. The molecular formula is C14H15N3O. The number of benzene rings is 1. The van der Waals surface area contributed by atoms with Crippen LogP contribution in [0.3, 0.4) is 0 Å². The fourth-order valence-electron chi connectivity index (χ4n) is 2.96. The molecule has 2 heterocycles. The molecule has 18 heavy (non-hydrogen) atoms. The van der Waals surface area contributed by atoms with Crippen molar-refractivity contribution in [3.63, 3.8) is 0 Å². The third kappa shape index (κ3) is 1.52. The molecule has 0 bridgehead atoms. The number of nitrogens with one attached hydrogen (secondary N) is 2. The summed E-state index contributed by atoms with van der Waals surface area (Å²) in [5.74, 6) is 1.56. The SMILES string of the molecule is O=C1CCc2cc(C3=NNCC4CC34)ccc2N1. The van der Waals surface area contributed by atoms with Gasteiger partial charge in [0, 0.05) is 24.6 Å². The van der Waals surface area contributed by atoms with Crippen LogP contribution in [0, 0.1) is 11.8 Å². The molecule has 4 heteroatoms. The monoisotopic (exact) mass is 241 g/mol. The van der Waals surface area contributed by atoms with Crippen LogP contribution in [-0.4, -0.2) is 18.2 Å². The second-order valence-corrected chi connectivity index (χ2v) is 5.38. The maximum Gasteiger partial charge on any atom is 0.224 e. The molecule has 1 aromatic rings. The zero-order chi connectivity index (χ0) is 12.1. The molecule has 2 aliphatic heterocycles. The van der Waals surface area contributed by atoms with E-state index in [1.165, 1.54) is 23.3 Å². The number of carbonyl (C=O) groups excluding carboxylic acids is 1. The van der Waals surface area contributed by atoms with Crippen molar-refractivity contribution >= 4 is 17.3 Å². The first kappa shape index (κ1) is 10.1. The first-order valence-corrected chi connectivity index (χ1v) is 6.55. The predicted octanol–water partition coefficient (Wildman–Crippen LogP) is 1.51. The molecule has 1 saturated carbocycles. The highest BCUT2D eigenvalue weighted by Gasteiger charge is 2.43. The lowest BCUT2D eigenvalue weighted by molar-refractivity contribution is -0.116. The maximum atomic E-state index is 11.3. The Kier molecular flexibility index (Phi) is 2.01. The van der Waals surface area contributed by atoms with Gasteiger partial charge in [-0.1, -0.05) is 6.07 Å². The molecule has 1 aliphatic carbocycles. The summed E-state index contributed by atoms with van der Waals surface area (Å²) in [5.41, 5.74) is 7.74. The van der Waals surface area contributed by atoms with E-state index in [1.807, 2.05) is 6.07 Å². The topological polar surface area (TPSA) is 53.5 Å². The number of aryl methyl sites for hydroxylation is 1. The quantitative estimate of drug-likeness (QED) is 0.783. The third-order valence-corrected chi connectivity index (χ3v) is 4.12. The molecule has 0 aromatic heterocycles. The Balaban J connectivity index is 1.70. The summed E-state index contributed by atoms with van der Waals surface area (Å²) < 4.78 is 0. The summed E-state index contributed by atoms with van der Waals surface area (Å²) in [5, 5.41) is 7.38. The number of rotatable bonds is 1. The van der Waals surface area contributed by atoms with E-state index < -0.39 is 0 Å². The zero-order valence-electron chi connectivity index (χ0n) is 10.1. The Morgan fingerprint density at radius 1 is 1.28 bits per heavy atom. The summed E-state index contributed by atoms with van der Waals surface area (Å²) >= 11 is 0. The minimum absolute atomic E-state index is 0.120. The van der Waals surface area contributed by atoms with Crippen molar-refractivity contribution in [2.24, 2.45) is 16.9 Å². The number of anilines is 1. The van der Waals surface area contributed by atoms with Crippen LogP contribution >= 0.6 is 0 Å². The van der Waals surface area contributed by atoms with E-state index in [1.54, 1.807) is 0 Å². The summed E-state index contributed by atoms with van der Waals surface area (Å²) in [6, 6.07) is 6.28. The fourth-order valence-corrected chi connectivity index (χ4v) is 2.96. The highest BCUT2D eigenvalue weighted by atomic mass is 16.1. The van der Waals surface area contributed by atoms with E-state index in [9.17, 15) is 4.79 Å². The van der Waals surface area contributed by atoms with E-state index in [4.69, 9.17) is 0 Å². The molecule has 3 aliphatic rings. The molecule has 2 unspecified atom stereocenters. The summed E-state index contributed by atoms with van der Waals surface area (Å²) in [6.45, 7) is 1.02. The normalized spacial score (nSPS) is 28.4.